The van der Waals surface area contributed by atoms with E-state index in [0.717, 1.165) is 11.4 Å². The summed E-state index contributed by atoms with van der Waals surface area (Å²) in [6.07, 6.45) is -0.965. The van der Waals surface area contributed by atoms with E-state index in [-0.39, 0.29) is 26.1 Å². The highest BCUT2D eigenvalue weighted by atomic mass is 32.2. The van der Waals surface area contributed by atoms with Crippen molar-refractivity contribution in [3.63, 3.8) is 0 Å². The second-order valence-electron chi connectivity index (χ2n) is 3.78. The van der Waals surface area contributed by atoms with Gasteiger partial charge in [-0.3, -0.25) is 9.59 Å². The highest BCUT2D eigenvalue weighted by Gasteiger charge is 2.32. The average Bonchev–Trinajstić information content (AvgIpc) is 2.27. The molecular formula is C9H15NO7S. The maximum absolute atomic E-state index is 11.8. The van der Waals surface area contributed by atoms with Crippen molar-refractivity contribution in [3.8, 4) is 0 Å². The van der Waals surface area contributed by atoms with Crippen LogP contribution in [0.3, 0.4) is 0 Å². The monoisotopic (exact) mass is 281 g/mol. The van der Waals surface area contributed by atoms with Crippen molar-refractivity contribution in [3.05, 3.63) is 0 Å². The first-order valence-electron chi connectivity index (χ1n) is 5.23. The van der Waals surface area contributed by atoms with Gasteiger partial charge in [0, 0.05) is 13.1 Å². The zero-order valence-corrected chi connectivity index (χ0v) is 10.7. The lowest BCUT2D eigenvalue weighted by atomic mass is 10.2. The summed E-state index contributed by atoms with van der Waals surface area (Å²) < 4.78 is 34.1. The molecule has 1 rings (SSSR count). The molecule has 18 heavy (non-hydrogen) atoms. The number of ether oxygens (including phenoxy) is 2. The van der Waals surface area contributed by atoms with Gasteiger partial charge in [0.25, 0.3) is 0 Å². The minimum absolute atomic E-state index is 0.0639. The van der Waals surface area contributed by atoms with Crippen molar-refractivity contribution in [1.82, 2.24) is 4.31 Å². The number of rotatable bonds is 5. The van der Waals surface area contributed by atoms with Gasteiger partial charge in [-0.2, -0.15) is 4.31 Å². The normalized spacial score (nSPS) is 21.5. The molecule has 1 fully saturated rings. The van der Waals surface area contributed by atoms with Crippen LogP contribution in [0.4, 0.5) is 0 Å². The van der Waals surface area contributed by atoms with Crippen LogP contribution in [-0.4, -0.2) is 68.4 Å². The predicted octanol–water partition coefficient (Wildman–Crippen LogP) is -1.34. The summed E-state index contributed by atoms with van der Waals surface area (Å²) in [6.45, 7) is 0.152. The smallest absolute Gasteiger partial charge is 0.322 e. The third kappa shape index (κ3) is 4.24. The number of sulfonamides is 1. The number of carboxylic acids is 1. The Bertz CT molecular complexity index is 419. The summed E-state index contributed by atoms with van der Waals surface area (Å²) in [5.41, 5.74) is 0. The molecule has 1 unspecified atom stereocenters. The summed E-state index contributed by atoms with van der Waals surface area (Å²) >= 11 is 0. The molecule has 0 aromatic carbocycles. The molecule has 0 aromatic heterocycles. The first kappa shape index (κ1) is 14.9. The van der Waals surface area contributed by atoms with Crippen molar-refractivity contribution < 1.29 is 32.6 Å². The van der Waals surface area contributed by atoms with E-state index in [4.69, 9.17) is 9.84 Å². The van der Waals surface area contributed by atoms with Crippen LogP contribution in [-0.2, 0) is 29.1 Å². The van der Waals surface area contributed by atoms with Crippen molar-refractivity contribution in [2.24, 2.45) is 0 Å². The molecule has 9 heteroatoms. The van der Waals surface area contributed by atoms with Gasteiger partial charge < -0.3 is 14.6 Å². The van der Waals surface area contributed by atoms with Gasteiger partial charge in [-0.05, 0) is 0 Å². The second kappa shape index (κ2) is 6.12. The van der Waals surface area contributed by atoms with Crippen molar-refractivity contribution >= 4 is 22.0 Å². The predicted molar refractivity (Wildman–Crippen MR) is 59.4 cm³/mol. The Hall–Kier alpha value is -1.19. The van der Waals surface area contributed by atoms with Gasteiger partial charge in [0.1, 0.15) is 0 Å². The minimum atomic E-state index is -3.78. The van der Waals surface area contributed by atoms with Gasteiger partial charge in [0.2, 0.25) is 10.0 Å². The fraction of sp³-hybridized carbons (Fsp3) is 0.778. The molecule has 0 aromatic rings. The molecule has 1 aliphatic heterocycles. The van der Waals surface area contributed by atoms with Gasteiger partial charge in [-0.25, -0.2) is 8.42 Å². The maximum Gasteiger partial charge on any atom is 0.322 e. The number of carbonyl (C=O) groups is 2. The van der Waals surface area contributed by atoms with Crippen LogP contribution >= 0.6 is 0 Å². The Morgan fingerprint density at radius 3 is 2.72 bits per heavy atom. The van der Waals surface area contributed by atoms with Gasteiger partial charge in [-0.1, -0.05) is 0 Å². The first-order chi connectivity index (χ1) is 8.35. The van der Waals surface area contributed by atoms with E-state index in [1.165, 1.54) is 0 Å². The van der Waals surface area contributed by atoms with E-state index in [9.17, 15) is 18.0 Å². The first-order valence-corrected chi connectivity index (χ1v) is 6.84. The largest absolute Gasteiger partial charge is 0.481 e. The van der Waals surface area contributed by atoms with E-state index < -0.39 is 33.8 Å². The van der Waals surface area contributed by atoms with Crippen LogP contribution in [0.1, 0.15) is 6.42 Å². The number of hydrogen-bond donors (Lipinski definition) is 1. The number of carbonyl (C=O) groups excluding carboxylic acids is 1. The van der Waals surface area contributed by atoms with Gasteiger partial charge in [0.05, 0.1) is 26.2 Å². The Labute approximate surface area is 105 Å². The van der Waals surface area contributed by atoms with Crippen molar-refractivity contribution in [2.75, 3.05) is 32.6 Å². The summed E-state index contributed by atoms with van der Waals surface area (Å²) in [6, 6.07) is 0. The van der Waals surface area contributed by atoms with E-state index in [1.54, 1.807) is 0 Å². The molecule has 0 aliphatic carbocycles. The number of esters is 1. The number of morpholine rings is 1. The Balaban J connectivity index is 2.65. The third-order valence-electron chi connectivity index (χ3n) is 2.43. The van der Waals surface area contributed by atoms with Crippen molar-refractivity contribution in [1.29, 1.82) is 0 Å². The highest BCUT2D eigenvalue weighted by Crippen LogP contribution is 2.13. The van der Waals surface area contributed by atoms with Crippen LogP contribution in [0.25, 0.3) is 0 Å². The number of carboxylic acid groups (broad SMARTS) is 1. The standard InChI is InChI=1S/C9H15NO7S/c1-16-9(13)6-18(14,15)10-2-3-17-7(5-10)4-8(11)12/h7H,2-6H2,1H3,(H,11,12). The molecule has 0 spiro atoms. The quantitative estimate of drug-likeness (QED) is 0.621. The Morgan fingerprint density at radius 2 is 2.17 bits per heavy atom. The summed E-state index contributed by atoms with van der Waals surface area (Å²) in [7, 11) is -2.68. The second-order valence-corrected chi connectivity index (χ2v) is 5.75. The minimum Gasteiger partial charge on any atom is -0.481 e. The maximum atomic E-state index is 11.8. The summed E-state index contributed by atoms with van der Waals surface area (Å²) in [5.74, 6) is -2.66. The Morgan fingerprint density at radius 1 is 1.50 bits per heavy atom. The van der Waals surface area contributed by atoms with Crippen molar-refractivity contribution in [2.45, 2.75) is 12.5 Å². The van der Waals surface area contributed by atoms with Gasteiger partial charge in [-0.15, -0.1) is 0 Å². The molecule has 0 bridgehead atoms. The molecule has 104 valence electrons. The van der Waals surface area contributed by atoms with Gasteiger partial charge in [0.15, 0.2) is 5.75 Å². The zero-order valence-electron chi connectivity index (χ0n) is 9.87. The molecule has 0 saturated carbocycles. The van der Waals surface area contributed by atoms with E-state index >= 15 is 0 Å². The molecule has 0 radical (unpaired) electrons. The number of hydrogen-bond acceptors (Lipinski definition) is 6. The topological polar surface area (TPSA) is 110 Å². The summed E-state index contributed by atoms with van der Waals surface area (Å²) in [5, 5.41) is 8.62. The number of aliphatic carboxylic acids is 1. The third-order valence-corrected chi connectivity index (χ3v) is 4.14. The lowest BCUT2D eigenvalue weighted by Gasteiger charge is -2.31. The SMILES string of the molecule is COC(=O)CS(=O)(=O)N1CCOC(CC(=O)O)C1. The molecule has 1 heterocycles. The van der Waals surface area contributed by atoms with Crippen LogP contribution in [0, 0.1) is 0 Å². The van der Waals surface area contributed by atoms with Crippen LogP contribution < -0.4 is 0 Å². The van der Waals surface area contributed by atoms with Crippen LogP contribution in [0.5, 0.6) is 0 Å². The fourth-order valence-corrected chi connectivity index (χ4v) is 2.91. The Kier molecular flexibility index (Phi) is 5.05. The average molecular weight is 281 g/mol. The highest BCUT2D eigenvalue weighted by molar-refractivity contribution is 7.89. The van der Waals surface area contributed by atoms with Gasteiger partial charge >= 0.3 is 11.9 Å². The summed E-state index contributed by atoms with van der Waals surface area (Å²) in [4.78, 5) is 21.5. The molecule has 1 N–H and O–H groups in total. The molecule has 1 aliphatic rings. The lowest BCUT2D eigenvalue weighted by Crippen LogP contribution is -2.47. The fourth-order valence-electron chi connectivity index (χ4n) is 1.56. The van der Waals surface area contributed by atoms with Crippen LogP contribution in [0.2, 0.25) is 0 Å². The molecule has 1 atom stereocenters. The molecule has 0 amide bonds. The lowest BCUT2D eigenvalue weighted by molar-refractivity contribution is -0.141. The van der Waals surface area contributed by atoms with Crippen LogP contribution in [0.15, 0.2) is 0 Å². The molecule has 8 nitrogen and oxygen atoms in total. The number of methoxy groups -OCH3 is 1. The molecular weight excluding hydrogens is 266 g/mol. The van der Waals surface area contributed by atoms with E-state index in [2.05, 4.69) is 4.74 Å². The van der Waals surface area contributed by atoms with E-state index in [1.807, 2.05) is 0 Å². The zero-order chi connectivity index (χ0) is 13.8. The van der Waals surface area contributed by atoms with E-state index in [0.29, 0.717) is 0 Å². The number of nitrogens with zero attached hydrogens (tertiary/aromatic N) is 1. The molecule has 1 saturated heterocycles.